The molecule has 1 heterocycles. The Kier molecular flexibility index (Phi) is 3.75. The van der Waals surface area contributed by atoms with Gasteiger partial charge < -0.3 is 0 Å². The van der Waals surface area contributed by atoms with Gasteiger partial charge in [-0.1, -0.05) is 0 Å². The number of nitrogens with one attached hydrogen (secondary N) is 1. The lowest BCUT2D eigenvalue weighted by Crippen LogP contribution is -2.34. The van der Waals surface area contributed by atoms with Gasteiger partial charge in [-0.3, -0.25) is 4.98 Å². The predicted octanol–water partition coefficient (Wildman–Crippen LogP) is 1.07. The van der Waals surface area contributed by atoms with Gasteiger partial charge in [-0.15, -0.1) is 0 Å². The van der Waals surface area contributed by atoms with E-state index in [1.807, 2.05) is 13.8 Å². The Morgan fingerprint density at radius 1 is 1.53 bits per heavy atom. The Labute approximate surface area is 95.6 Å². The van der Waals surface area contributed by atoms with Crippen molar-refractivity contribution < 1.29 is 8.42 Å². The van der Waals surface area contributed by atoms with E-state index in [1.54, 1.807) is 6.07 Å². The zero-order valence-electron chi connectivity index (χ0n) is 8.64. The molecule has 0 atom stereocenters. The number of thiol groups is 1. The normalized spacial score (nSPS) is 12.7. The highest BCUT2D eigenvalue weighted by molar-refractivity contribution is 7.89. The summed E-state index contributed by atoms with van der Waals surface area (Å²) in [6.07, 6.45) is 2.84. The molecule has 84 valence electrons. The first-order valence-electron chi connectivity index (χ1n) is 4.43. The van der Waals surface area contributed by atoms with Gasteiger partial charge in [0.1, 0.15) is 4.90 Å². The largest absolute Gasteiger partial charge is 0.263 e. The Morgan fingerprint density at radius 2 is 2.20 bits per heavy atom. The van der Waals surface area contributed by atoms with Crippen molar-refractivity contribution in [1.82, 2.24) is 9.71 Å². The van der Waals surface area contributed by atoms with Gasteiger partial charge in [-0.2, -0.15) is 12.6 Å². The molecule has 0 aliphatic carbocycles. The van der Waals surface area contributed by atoms with E-state index in [-0.39, 0.29) is 16.2 Å². The highest BCUT2D eigenvalue weighted by atomic mass is 32.2. The minimum Gasteiger partial charge on any atom is -0.263 e. The molecule has 0 radical (unpaired) electrons. The number of hydrogen-bond donors (Lipinski definition) is 2. The van der Waals surface area contributed by atoms with E-state index >= 15 is 0 Å². The van der Waals surface area contributed by atoms with Crippen LogP contribution in [0.2, 0.25) is 0 Å². The van der Waals surface area contributed by atoms with Crippen molar-refractivity contribution in [1.29, 1.82) is 0 Å². The summed E-state index contributed by atoms with van der Waals surface area (Å²) in [6, 6.07) is 3.08. The van der Waals surface area contributed by atoms with Gasteiger partial charge in [-0.05, 0) is 26.0 Å². The van der Waals surface area contributed by atoms with Crippen molar-refractivity contribution in [3.05, 3.63) is 24.5 Å². The standard InChI is InChI=1S/C9H14N2O2S2/c1-9(2,14)7-11-15(12,13)8-4-3-5-10-6-8/h3-6,11,14H,7H2,1-2H3. The molecule has 1 aromatic heterocycles. The Hall–Kier alpha value is -0.590. The number of sulfonamides is 1. The summed E-state index contributed by atoms with van der Waals surface area (Å²) in [5.41, 5.74) is 0. The van der Waals surface area contributed by atoms with Crippen molar-refractivity contribution >= 4 is 22.7 Å². The molecule has 0 aliphatic heterocycles. The maximum atomic E-state index is 11.7. The molecule has 0 spiro atoms. The number of hydrogen-bond acceptors (Lipinski definition) is 4. The van der Waals surface area contributed by atoms with Gasteiger partial charge in [0.2, 0.25) is 10.0 Å². The van der Waals surface area contributed by atoms with Crippen LogP contribution in [0.15, 0.2) is 29.4 Å². The number of rotatable bonds is 4. The second-order valence-corrected chi connectivity index (χ2v) is 6.80. The zero-order valence-corrected chi connectivity index (χ0v) is 10.3. The minimum atomic E-state index is -3.45. The molecule has 0 saturated carbocycles. The fourth-order valence-corrected chi connectivity index (χ4v) is 2.22. The van der Waals surface area contributed by atoms with Gasteiger partial charge in [0, 0.05) is 23.7 Å². The van der Waals surface area contributed by atoms with E-state index in [4.69, 9.17) is 0 Å². The van der Waals surface area contributed by atoms with Gasteiger partial charge in [0.15, 0.2) is 0 Å². The third-order valence-electron chi connectivity index (χ3n) is 1.64. The van der Waals surface area contributed by atoms with E-state index < -0.39 is 10.0 Å². The Morgan fingerprint density at radius 3 is 2.67 bits per heavy atom. The fourth-order valence-electron chi connectivity index (χ4n) is 0.861. The van der Waals surface area contributed by atoms with Crippen LogP contribution in [0, 0.1) is 0 Å². The van der Waals surface area contributed by atoms with Gasteiger partial charge in [0.05, 0.1) is 0 Å². The predicted molar refractivity (Wildman–Crippen MR) is 62.5 cm³/mol. The van der Waals surface area contributed by atoms with Crippen molar-refractivity contribution in [3.8, 4) is 0 Å². The summed E-state index contributed by atoms with van der Waals surface area (Å²) < 4.78 is 25.5. The third kappa shape index (κ3) is 4.19. The maximum Gasteiger partial charge on any atom is 0.242 e. The van der Waals surface area contributed by atoms with Crippen LogP contribution in [0.5, 0.6) is 0 Å². The number of aromatic nitrogens is 1. The Bertz CT molecular complexity index is 409. The SMILES string of the molecule is CC(C)(S)CNS(=O)(=O)c1cccnc1. The molecule has 0 saturated heterocycles. The summed E-state index contributed by atoms with van der Waals surface area (Å²) in [5, 5.41) is 0. The highest BCUT2D eigenvalue weighted by Crippen LogP contribution is 2.12. The summed E-state index contributed by atoms with van der Waals surface area (Å²) >= 11 is 4.24. The molecule has 1 N–H and O–H groups in total. The second-order valence-electron chi connectivity index (χ2n) is 3.83. The average Bonchev–Trinajstić information content (AvgIpc) is 2.16. The topological polar surface area (TPSA) is 59.1 Å². The molecule has 4 nitrogen and oxygen atoms in total. The molecule has 0 unspecified atom stereocenters. The lowest BCUT2D eigenvalue weighted by Gasteiger charge is -2.17. The van der Waals surface area contributed by atoms with E-state index in [2.05, 4.69) is 22.3 Å². The van der Waals surface area contributed by atoms with E-state index in [0.717, 1.165) is 0 Å². The summed E-state index contributed by atoms with van der Waals surface area (Å²) in [7, 11) is -3.45. The average molecular weight is 246 g/mol. The molecular formula is C9H14N2O2S2. The van der Waals surface area contributed by atoms with Crippen LogP contribution < -0.4 is 4.72 Å². The van der Waals surface area contributed by atoms with Crippen molar-refractivity contribution in [2.75, 3.05) is 6.54 Å². The van der Waals surface area contributed by atoms with Crippen LogP contribution in [0.1, 0.15) is 13.8 Å². The smallest absolute Gasteiger partial charge is 0.242 e. The quantitative estimate of drug-likeness (QED) is 0.781. The molecule has 1 aromatic rings. The van der Waals surface area contributed by atoms with Crippen molar-refractivity contribution in [3.63, 3.8) is 0 Å². The molecule has 0 amide bonds. The fraction of sp³-hybridized carbons (Fsp3) is 0.444. The summed E-state index contributed by atoms with van der Waals surface area (Å²) in [4.78, 5) is 3.93. The van der Waals surface area contributed by atoms with Crippen LogP contribution >= 0.6 is 12.6 Å². The summed E-state index contributed by atoms with van der Waals surface area (Å²) in [5.74, 6) is 0. The van der Waals surface area contributed by atoms with E-state index in [9.17, 15) is 8.42 Å². The zero-order chi connectivity index (χ0) is 11.5. The third-order valence-corrected chi connectivity index (χ3v) is 3.18. The van der Waals surface area contributed by atoms with E-state index in [1.165, 1.54) is 18.5 Å². The van der Waals surface area contributed by atoms with Crippen LogP contribution in [-0.4, -0.2) is 24.7 Å². The van der Waals surface area contributed by atoms with Crippen molar-refractivity contribution in [2.24, 2.45) is 0 Å². The lowest BCUT2D eigenvalue weighted by molar-refractivity contribution is 0.571. The molecule has 0 aliphatic rings. The molecule has 15 heavy (non-hydrogen) atoms. The highest BCUT2D eigenvalue weighted by Gasteiger charge is 2.18. The molecule has 0 aromatic carbocycles. The number of pyridine rings is 1. The summed E-state index contributed by atoms with van der Waals surface area (Å²) in [6.45, 7) is 3.94. The van der Waals surface area contributed by atoms with Gasteiger partial charge >= 0.3 is 0 Å². The van der Waals surface area contributed by atoms with Crippen LogP contribution in [0.4, 0.5) is 0 Å². The van der Waals surface area contributed by atoms with Crippen LogP contribution in [0.3, 0.4) is 0 Å². The lowest BCUT2D eigenvalue weighted by atomic mass is 10.2. The first-order chi connectivity index (χ1) is 6.81. The van der Waals surface area contributed by atoms with Gasteiger partial charge in [0.25, 0.3) is 0 Å². The maximum absolute atomic E-state index is 11.7. The monoisotopic (exact) mass is 246 g/mol. The molecule has 0 bridgehead atoms. The minimum absolute atomic E-state index is 0.169. The van der Waals surface area contributed by atoms with E-state index in [0.29, 0.717) is 0 Å². The molecule has 1 rings (SSSR count). The van der Waals surface area contributed by atoms with Gasteiger partial charge in [-0.25, -0.2) is 13.1 Å². The first-order valence-corrected chi connectivity index (χ1v) is 6.36. The number of nitrogens with zero attached hydrogens (tertiary/aromatic N) is 1. The van der Waals surface area contributed by atoms with Crippen LogP contribution in [-0.2, 0) is 10.0 Å². The second kappa shape index (κ2) is 4.51. The molecule has 6 heteroatoms. The Balaban J connectivity index is 2.78. The van der Waals surface area contributed by atoms with Crippen LogP contribution in [0.25, 0.3) is 0 Å². The van der Waals surface area contributed by atoms with Crippen molar-refractivity contribution in [2.45, 2.75) is 23.5 Å². The molecule has 0 fully saturated rings. The first kappa shape index (κ1) is 12.5. The molecular weight excluding hydrogens is 232 g/mol.